The summed E-state index contributed by atoms with van der Waals surface area (Å²) in [6, 6.07) is 13.6. The molecule has 0 radical (unpaired) electrons. The number of hydrogen-bond donors (Lipinski definition) is 4. The van der Waals surface area contributed by atoms with Crippen LogP contribution in [0.25, 0.3) is 11.3 Å². The first-order chi connectivity index (χ1) is 33.0. The topological polar surface area (TPSA) is 279 Å². The summed E-state index contributed by atoms with van der Waals surface area (Å²) < 4.78 is 41.7. The predicted molar refractivity (Wildman–Crippen MR) is 245 cm³/mol. The Morgan fingerprint density at radius 2 is 1.68 bits per heavy atom. The van der Waals surface area contributed by atoms with Crippen molar-refractivity contribution in [3.05, 3.63) is 102 Å². The third kappa shape index (κ3) is 11.2. The van der Waals surface area contributed by atoms with Gasteiger partial charge < -0.3 is 30.7 Å². The molecule has 3 aliphatic rings. The maximum Gasteiger partial charge on any atom is 0.278 e. The molecule has 0 bridgehead atoms. The van der Waals surface area contributed by atoms with Gasteiger partial charge in [0.25, 0.3) is 17.7 Å². The molecule has 5 N–H and O–H groups in total. The van der Waals surface area contributed by atoms with Crippen LogP contribution in [0.1, 0.15) is 62.6 Å². The number of carbonyl (C=O) groups excluding carboxylic acids is 5. The van der Waals surface area contributed by atoms with E-state index in [1.807, 2.05) is 6.20 Å². The molecule has 5 aromatic rings. The molecule has 2 saturated heterocycles. The molecule has 3 aliphatic heterocycles. The fraction of sp³-hybridized carbons (Fsp3) is 0.378. The Balaban J connectivity index is 0.679. The van der Waals surface area contributed by atoms with Gasteiger partial charge in [0.05, 0.1) is 78.5 Å². The molecule has 23 heteroatoms. The molecule has 0 aliphatic carbocycles. The normalized spacial score (nSPS) is 16.8. The molecule has 8 rings (SSSR count). The summed E-state index contributed by atoms with van der Waals surface area (Å²) in [4.78, 5) is 79.0. The molecule has 2 fully saturated rings. The number of unbranched alkanes of at least 4 members (excludes halogenated alkanes) is 1. The van der Waals surface area contributed by atoms with Gasteiger partial charge in [0.15, 0.2) is 11.5 Å². The zero-order valence-corrected chi connectivity index (χ0v) is 37.9. The number of nitrogens with two attached hydrogens (primary N) is 1. The van der Waals surface area contributed by atoms with Crippen LogP contribution < -0.4 is 21.7 Å². The van der Waals surface area contributed by atoms with Gasteiger partial charge in [-0.2, -0.15) is 4.31 Å². The van der Waals surface area contributed by atoms with Crippen LogP contribution in [0.2, 0.25) is 0 Å². The number of piperidine rings is 1. The van der Waals surface area contributed by atoms with Crippen LogP contribution in [0, 0.1) is 0 Å². The van der Waals surface area contributed by atoms with E-state index in [-0.39, 0.29) is 40.4 Å². The van der Waals surface area contributed by atoms with Crippen molar-refractivity contribution in [2.45, 2.75) is 49.6 Å². The average Bonchev–Trinajstić information content (AvgIpc) is 3.91. The number of piperazine rings is 1. The molecular formula is C45H51N13O9S. The van der Waals surface area contributed by atoms with Gasteiger partial charge in [-0.05, 0) is 68.6 Å². The minimum Gasteiger partial charge on any atom is -0.382 e. The number of aromatic nitrogens is 6. The van der Waals surface area contributed by atoms with E-state index in [9.17, 15) is 32.4 Å². The molecule has 0 spiro atoms. The van der Waals surface area contributed by atoms with Crippen molar-refractivity contribution in [1.29, 1.82) is 0 Å². The van der Waals surface area contributed by atoms with Crippen molar-refractivity contribution in [3.63, 3.8) is 0 Å². The van der Waals surface area contributed by atoms with Crippen LogP contribution in [0.15, 0.2) is 84.3 Å². The van der Waals surface area contributed by atoms with Gasteiger partial charge in [-0.25, -0.2) is 23.1 Å². The summed E-state index contributed by atoms with van der Waals surface area (Å²) in [6.45, 7) is 5.17. The van der Waals surface area contributed by atoms with Crippen LogP contribution in [0.4, 0.5) is 17.2 Å². The number of carbonyl (C=O) groups is 5. The Kier molecular flexibility index (Phi) is 15.1. The first kappa shape index (κ1) is 47.4. The molecule has 22 nitrogen and oxygen atoms in total. The van der Waals surface area contributed by atoms with E-state index in [1.54, 1.807) is 53.3 Å². The van der Waals surface area contributed by atoms with Crippen molar-refractivity contribution in [2.75, 3.05) is 82.1 Å². The van der Waals surface area contributed by atoms with E-state index in [0.29, 0.717) is 88.3 Å². The van der Waals surface area contributed by atoms with E-state index in [0.717, 1.165) is 36.4 Å². The summed E-state index contributed by atoms with van der Waals surface area (Å²) in [5, 5.41) is 16.5. The molecule has 0 saturated carbocycles. The number of aryl methyl sites for hydroxylation is 1. The highest BCUT2D eigenvalue weighted by atomic mass is 32.2. The van der Waals surface area contributed by atoms with Gasteiger partial charge in [-0.3, -0.25) is 39.2 Å². The average molecular weight is 950 g/mol. The van der Waals surface area contributed by atoms with Gasteiger partial charge in [0.2, 0.25) is 21.8 Å². The van der Waals surface area contributed by atoms with Crippen LogP contribution in [-0.4, -0.2) is 154 Å². The lowest BCUT2D eigenvalue weighted by Gasteiger charge is -2.34. The summed E-state index contributed by atoms with van der Waals surface area (Å²) in [7, 11) is -3.73. The summed E-state index contributed by atoms with van der Waals surface area (Å²) in [5.41, 5.74) is 9.07. The highest BCUT2D eigenvalue weighted by Gasteiger charge is 2.45. The predicted octanol–water partition coefficient (Wildman–Crippen LogP) is 1.84. The minimum absolute atomic E-state index is 0.0382. The molecular weight excluding hydrogens is 899 g/mol. The standard InChI is InChI=1S/C45H51N13O9S/c46-41-40(43(61)50-31-6-4-15-47-27-31)51-36(28-49-41)30-9-11-33(12-10-30)68(64,65)57-20-18-55(19-21-57)17-2-1-5-32-29-56(54-53-32)22-24-67-26-25-66-23-16-48-35-8-3-7-34-39(35)45(63)58(44(34)62)37-13-14-38(59)52-42(37)60/h3-4,6-12,15,27-29,37,48H,1-2,5,13-14,16-26H2,(H2,46,49)(H,50,61)(H,52,59,60). The van der Waals surface area contributed by atoms with E-state index < -0.39 is 45.6 Å². The molecule has 1 atom stereocenters. The second-order valence-corrected chi connectivity index (χ2v) is 18.1. The fourth-order valence-corrected chi connectivity index (χ4v) is 9.50. The number of fused-ring (bicyclic) bond motifs is 1. The van der Waals surface area contributed by atoms with Crippen molar-refractivity contribution < 1.29 is 41.9 Å². The van der Waals surface area contributed by atoms with E-state index in [2.05, 4.69) is 46.1 Å². The molecule has 6 heterocycles. The van der Waals surface area contributed by atoms with E-state index >= 15 is 0 Å². The number of pyridine rings is 1. The Morgan fingerprint density at radius 3 is 2.44 bits per heavy atom. The molecule has 3 aromatic heterocycles. The number of rotatable bonds is 21. The van der Waals surface area contributed by atoms with Gasteiger partial charge in [0.1, 0.15) is 6.04 Å². The van der Waals surface area contributed by atoms with E-state index in [1.165, 1.54) is 28.8 Å². The number of anilines is 3. The van der Waals surface area contributed by atoms with E-state index in [4.69, 9.17) is 15.2 Å². The molecule has 356 valence electrons. The van der Waals surface area contributed by atoms with Crippen molar-refractivity contribution in [2.24, 2.45) is 0 Å². The third-order valence-corrected chi connectivity index (χ3v) is 13.6. The first-order valence-corrected chi connectivity index (χ1v) is 23.7. The minimum atomic E-state index is -3.73. The fourth-order valence-electron chi connectivity index (χ4n) is 8.08. The number of ether oxygens (including phenoxy) is 2. The first-order valence-electron chi connectivity index (χ1n) is 22.3. The zero-order chi connectivity index (χ0) is 47.6. The van der Waals surface area contributed by atoms with Gasteiger partial charge in [0, 0.05) is 62.8 Å². The Morgan fingerprint density at radius 1 is 0.882 bits per heavy atom. The number of nitrogens with zero attached hydrogens (tertiary/aromatic N) is 9. The number of benzene rings is 2. The maximum atomic E-state index is 13.5. The summed E-state index contributed by atoms with van der Waals surface area (Å²) in [5.74, 6) is -2.80. The zero-order valence-electron chi connectivity index (χ0n) is 37.1. The molecule has 1 unspecified atom stereocenters. The van der Waals surface area contributed by atoms with Crippen molar-refractivity contribution in [1.82, 2.24) is 49.4 Å². The van der Waals surface area contributed by atoms with Gasteiger partial charge in [-0.1, -0.05) is 23.4 Å². The lowest BCUT2D eigenvalue weighted by molar-refractivity contribution is -0.136. The lowest BCUT2D eigenvalue weighted by atomic mass is 10.0. The highest BCUT2D eigenvalue weighted by Crippen LogP contribution is 2.32. The Bertz CT molecular complexity index is 2750. The highest BCUT2D eigenvalue weighted by molar-refractivity contribution is 7.89. The van der Waals surface area contributed by atoms with Gasteiger partial charge >= 0.3 is 0 Å². The smallest absolute Gasteiger partial charge is 0.278 e. The number of hydrogen-bond acceptors (Lipinski definition) is 17. The largest absolute Gasteiger partial charge is 0.382 e. The quantitative estimate of drug-likeness (QED) is 0.0603. The number of sulfonamides is 1. The second-order valence-electron chi connectivity index (χ2n) is 16.2. The Labute approximate surface area is 391 Å². The molecule has 5 amide bonds. The summed E-state index contributed by atoms with van der Waals surface area (Å²) >= 11 is 0. The number of imide groups is 2. The van der Waals surface area contributed by atoms with Crippen LogP contribution in [-0.2, 0) is 42.1 Å². The monoisotopic (exact) mass is 949 g/mol. The van der Waals surface area contributed by atoms with Crippen molar-refractivity contribution in [3.8, 4) is 11.3 Å². The third-order valence-electron chi connectivity index (χ3n) is 11.7. The lowest BCUT2D eigenvalue weighted by Crippen LogP contribution is -2.54. The molecule has 2 aromatic carbocycles. The summed E-state index contributed by atoms with van der Waals surface area (Å²) in [6.07, 6.45) is 9.17. The SMILES string of the molecule is Nc1ncc(-c2ccc(S(=O)(=O)N3CCN(CCCCc4cn(CCOCCOCCNc5cccc6c5C(=O)N(C5CCC(=O)NC5=O)C6=O)nn4)CC3)cc2)nc1C(=O)Nc1cccnc1. The molecule has 68 heavy (non-hydrogen) atoms. The second kappa shape index (κ2) is 21.7. The van der Waals surface area contributed by atoms with Crippen molar-refractivity contribution >= 4 is 56.8 Å². The van der Waals surface area contributed by atoms with Crippen LogP contribution >= 0.6 is 0 Å². The number of amides is 5. The van der Waals surface area contributed by atoms with Crippen LogP contribution in [0.3, 0.4) is 0 Å². The number of nitrogen functional groups attached to an aromatic ring is 1. The maximum absolute atomic E-state index is 13.5. The van der Waals surface area contributed by atoms with Gasteiger partial charge in [-0.15, -0.1) is 5.10 Å². The van der Waals surface area contributed by atoms with Crippen LogP contribution in [0.5, 0.6) is 0 Å². The number of nitrogens with one attached hydrogen (secondary N) is 3. The Hall–Kier alpha value is -7.05.